The minimum absolute atomic E-state index is 0.303. The third-order valence-corrected chi connectivity index (χ3v) is 4.12. The van der Waals surface area contributed by atoms with E-state index in [1.54, 1.807) is 6.07 Å². The number of pyridine rings is 1. The maximum Gasteiger partial charge on any atom is 0.165 e. The van der Waals surface area contributed by atoms with Crippen LogP contribution >= 0.6 is 0 Å². The smallest absolute Gasteiger partial charge is 0.165 e. The van der Waals surface area contributed by atoms with Gasteiger partial charge in [-0.2, -0.15) is 5.26 Å². The van der Waals surface area contributed by atoms with Gasteiger partial charge in [0.05, 0.1) is 5.69 Å². The molecule has 1 aliphatic rings. The maximum atomic E-state index is 8.92. The number of nitrogen functional groups attached to an aromatic ring is 1. The Kier molecular flexibility index (Phi) is 3.71. The summed E-state index contributed by atoms with van der Waals surface area (Å²) >= 11 is 0. The van der Waals surface area contributed by atoms with E-state index in [1.807, 2.05) is 12.1 Å². The van der Waals surface area contributed by atoms with E-state index in [-0.39, 0.29) is 0 Å². The minimum atomic E-state index is 0.303. The Labute approximate surface area is 108 Å². The van der Waals surface area contributed by atoms with Crippen molar-refractivity contribution in [3.05, 3.63) is 17.8 Å². The van der Waals surface area contributed by atoms with E-state index in [4.69, 9.17) is 11.0 Å². The van der Waals surface area contributed by atoms with E-state index >= 15 is 0 Å². The Balaban J connectivity index is 2.09. The fourth-order valence-electron chi connectivity index (χ4n) is 2.86. The first kappa shape index (κ1) is 12.7. The summed E-state index contributed by atoms with van der Waals surface area (Å²) in [4.78, 5) is 4.24. The van der Waals surface area contributed by atoms with Crippen LogP contribution in [-0.4, -0.2) is 11.0 Å². The Bertz CT molecular complexity index is 463. The highest BCUT2D eigenvalue weighted by Crippen LogP contribution is 2.35. The number of hydrogen-bond acceptors (Lipinski definition) is 4. The highest BCUT2D eigenvalue weighted by Gasteiger charge is 2.31. The average molecular weight is 244 g/mol. The van der Waals surface area contributed by atoms with Crippen LogP contribution in [0.2, 0.25) is 0 Å². The number of nitrogens with zero attached hydrogens (tertiary/aromatic N) is 2. The zero-order chi connectivity index (χ0) is 13.1. The second-order valence-electron chi connectivity index (χ2n) is 5.10. The van der Waals surface area contributed by atoms with Crippen molar-refractivity contribution in [2.75, 3.05) is 11.1 Å². The molecule has 18 heavy (non-hydrogen) atoms. The van der Waals surface area contributed by atoms with Crippen LogP contribution in [0.4, 0.5) is 11.5 Å². The lowest BCUT2D eigenvalue weighted by Crippen LogP contribution is -2.25. The summed E-state index contributed by atoms with van der Waals surface area (Å²) in [7, 11) is 0. The van der Waals surface area contributed by atoms with E-state index < -0.39 is 0 Å². The van der Waals surface area contributed by atoms with Crippen molar-refractivity contribution in [2.45, 2.75) is 39.2 Å². The second-order valence-corrected chi connectivity index (χ2v) is 5.10. The van der Waals surface area contributed by atoms with Crippen molar-refractivity contribution in [1.82, 2.24) is 4.98 Å². The molecule has 0 aromatic carbocycles. The number of aromatic nitrogens is 1. The average Bonchev–Trinajstić information content (AvgIpc) is 2.73. The van der Waals surface area contributed by atoms with Crippen LogP contribution in [0.3, 0.4) is 0 Å². The van der Waals surface area contributed by atoms with Gasteiger partial charge in [-0.1, -0.05) is 20.3 Å². The number of rotatable bonds is 3. The third-order valence-electron chi connectivity index (χ3n) is 4.12. The van der Waals surface area contributed by atoms with Gasteiger partial charge in [-0.25, -0.2) is 4.98 Å². The fourth-order valence-corrected chi connectivity index (χ4v) is 2.86. The van der Waals surface area contributed by atoms with Gasteiger partial charge in [0.1, 0.15) is 11.9 Å². The molecule has 2 rings (SSSR count). The number of hydrogen-bond donors (Lipinski definition) is 2. The van der Waals surface area contributed by atoms with Gasteiger partial charge >= 0.3 is 0 Å². The predicted octanol–water partition coefficient (Wildman–Crippen LogP) is 2.77. The first-order valence-corrected chi connectivity index (χ1v) is 6.58. The van der Waals surface area contributed by atoms with Gasteiger partial charge in [-0.05, 0) is 36.8 Å². The normalized spacial score (nSPS) is 26.8. The largest absolute Gasteiger partial charge is 0.396 e. The highest BCUT2D eigenvalue weighted by molar-refractivity contribution is 5.54. The van der Waals surface area contributed by atoms with Crippen molar-refractivity contribution < 1.29 is 0 Å². The molecule has 1 aliphatic carbocycles. The molecule has 0 aliphatic heterocycles. The Morgan fingerprint density at radius 3 is 2.89 bits per heavy atom. The topological polar surface area (TPSA) is 74.7 Å². The van der Waals surface area contributed by atoms with Crippen molar-refractivity contribution in [2.24, 2.45) is 11.8 Å². The van der Waals surface area contributed by atoms with Crippen LogP contribution in [0.5, 0.6) is 0 Å². The summed E-state index contributed by atoms with van der Waals surface area (Å²) in [5.41, 5.74) is 6.41. The van der Waals surface area contributed by atoms with Crippen LogP contribution in [-0.2, 0) is 0 Å². The van der Waals surface area contributed by atoms with E-state index in [0.29, 0.717) is 23.3 Å². The lowest BCUT2D eigenvalue weighted by atomic mass is 9.93. The molecule has 1 aromatic rings. The molecule has 1 saturated carbocycles. The number of anilines is 2. The molecular weight excluding hydrogens is 224 g/mol. The van der Waals surface area contributed by atoms with Gasteiger partial charge in [0.25, 0.3) is 0 Å². The zero-order valence-electron chi connectivity index (χ0n) is 11.0. The number of nitrogens with one attached hydrogen (secondary N) is 1. The Hall–Kier alpha value is -1.76. The standard InChI is InChI=1S/C14H20N4/c1-3-10-4-6-12(9(10)2)17-14-7-5-11(16)13(8-15)18-14/h5,7,9-10,12H,3-4,6,16H2,1-2H3,(H,17,18). The Morgan fingerprint density at radius 2 is 2.28 bits per heavy atom. The van der Waals surface area contributed by atoms with Gasteiger partial charge in [0.15, 0.2) is 5.69 Å². The highest BCUT2D eigenvalue weighted by atomic mass is 15.0. The van der Waals surface area contributed by atoms with E-state index in [0.717, 1.165) is 11.7 Å². The van der Waals surface area contributed by atoms with Gasteiger partial charge < -0.3 is 11.1 Å². The zero-order valence-corrected chi connectivity index (χ0v) is 11.0. The summed E-state index contributed by atoms with van der Waals surface area (Å²) < 4.78 is 0. The summed E-state index contributed by atoms with van der Waals surface area (Å²) in [6, 6.07) is 6.06. The third kappa shape index (κ3) is 2.40. The van der Waals surface area contributed by atoms with Crippen LogP contribution in [0.15, 0.2) is 12.1 Å². The second kappa shape index (κ2) is 5.26. The molecule has 1 heterocycles. The Morgan fingerprint density at radius 1 is 1.50 bits per heavy atom. The first-order chi connectivity index (χ1) is 8.65. The molecule has 0 bridgehead atoms. The van der Waals surface area contributed by atoms with Crippen LogP contribution < -0.4 is 11.1 Å². The lowest BCUT2D eigenvalue weighted by Gasteiger charge is -2.21. The first-order valence-electron chi connectivity index (χ1n) is 6.58. The molecule has 0 spiro atoms. The molecule has 1 fully saturated rings. The van der Waals surface area contributed by atoms with Gasteiger partial charge in [0, 0.05) is 6.04 Å². The summed E-state index contributed by atoms with van der Waals surface area (Å²) in [5, 5.41) is 12.4. The van der Waals surface area contributed by atoms with Crippen molar-refractivity contribution in [1.29, 1.82) is 5.26 Å². The fraction of sp³-hybridized carbons (Fsp3) is 0.571. The number of nitriles is 1. The summed E-state index contributed by atoms with van der Waals surface area (Å²) in [6.07, 6.45) is 3.68. The maximum absolute atomic E-state index is 8.92. The van der Waals surface area contributed by atoms with Crippen molar-refractivity contribution in [3.8, 4) is 6.07 Å². The SMILES string of the molecule is CCC1CCC(Nc2ccc(N)c(C#N)n2)C1C. The number of nitrogens with two attached hydrogens (primary N) is 1. The molecule has 3 unspecified atom stereocenters. The van der Waals surface area contributed by atoms with Crippen molar-refractivity contribution in [3.63, 3.8) is 0 Å². The molecule has 4 heteroatoms. The summed E-state index contributed by atoms with van der Waals surface area (Å²) in [5.74, 6) is 2.21. The minimum Gasteiger partial charge on any atom is -0.396 e. The van der Waals surface area contributed by atoms with Crippen LogP contribution in [0.1, 0.15) is 38.8 Å². The quantitative estimate of drug-likeness (QED) is 0.857. The van der Waals surface area contributed by atoms with Gasteiger partial charge in [0.2, 0.25) is 0 Å². The van der Waals surface area contributed by atoms with Gasteiger partial charge in [-0.3, -0.25) is 0 Å². The van der Waals surface area contributed by atoms with Crippen LogP contribution in [0, 0.1) is 23.2 Å². The molecular formula is C14H20N4. The van der Waals surface area contributed by atoms with E-state index in [1.165, 1.54) is 19.3 Å². The monoisotopic (exact) mass is 244 g/mol. The molecule has 96 valence electrons. The molecule has 3 N–H and O–H groups in total. The summed E-state index contributed by atoms with van der Waals surface area (Å²) in [6.45, 7) is 4.54. The van der Waals surface area contributed by atoms with Gasteiger partial charge in [-0.15, -0.1) is 0 Å². The molecule has 0 radical (unpaired) electrons. The van der Waals surface area contributed by atoms with Crippen molar-refractivity contribution >= 4 is 11.5 Å². The van der Waals surface area contributed by atoms with E-state index in [2.05, 4.69) is 24.1 Å². The molecule has 0 saturated heterocycles. The van der Waals surface area contributed by atoms with Crippen LogP contribution in [0.25, 0.3) is 0 Å². The molecule has 1 aromatic heterocycles. The lowest BCUT2D eigenvalue weighted by molar-refractivity contribution is 0.391. The molecule has 0 amide bonds. The predicted molar refractivity (Wildman–Crippen MR) is 73.0 cm³/mol. The molecule has 4 nitrogen and oxygen atoms in total. The molecule has 3 atom stereocenters. The van der Waals surface area contributed by atoms with E-state index in [9.17, 15) is 0 Å².